The number of dihydropyridines is 1. The summed E-state index contributed by atoms with van der Waals surface area (Å²) >= 11 is 15.9. The number of carbonyl (C=O) groups excluding carboxylic acids is 2. The molecule has 0 radical (unpaired) electrons. The number of esters is 1. The number of carbonyl (C=O) groups is 2. The normalized spacial score (nSPS) is 20.5. The molecule has 0 fully saturated rings. The highest BCUT2D eigenvalue weighted by molar-refractivity contribution is 7.99. The van der Waals surface area contributed by atoms with E-state index in [9.17, 15) is 9.59 Å². The summed E-state index contributed by atoms with van der Waals surface area (Å²) in [5, 5.41) is 6.23. The van der Waals surface area contributed by atoms with Crippen LogP contribution < -0.4 is 5.32 Å². The predicted octanol–water partition coefficient (Wildman–Crippen LogP) is 6.71. The third-order valence-electron chi connectivity index (χ3n) is 5.93. The van der Waals surface area contributed by atoms with E-state index in [0.29, 0.717) is 46.3 Å². The number of rotatable bonds is 7. The van der Waals surface area contributed by atoms with Crippen molar-refractivity contribution in [2.75, 3.05) is 18.1 Å². The van der Waals surface area contributed by atoms with Gasteiger partial charge in [-0.15, -0.1) is 11.3 Å². The number of hydrogen-bond donors (Lipinski definition) is 1. The van der Waals surface area contributed by atoms with Crippen LogP contribution in [0.15, 0.2) is 58.3 Å². The Balaban J connectivity index is 1.73. The molecule has 2 heterocycles. The number of ketones is 1. The number of thiophene rings is 1. The monoisotopic (exact) mass is 521 g/mol. The van der Waals surface area contributed by atoms with Gasteiger partial charge in [0.05, 0.1) is 15.6 Å². The highest BCUT2D eigenvalue weighted by Crippen LogP contribution is 2.47. The van der Waals surface area contributed by atoms with Crippen molar-refractivity contribution in [2.45, 2.75) is 38.5 Å². The molecule has 1 N–H and O–H groups in total. The molecule has 33 heavy (non-hydrogen) atoms. The first-order valence-corrected chi connectivity index (χ1v) is 13.7. The van der Waals surface area contributed by atoms with E-state index in [1.54, 1.807) is 35.2 Å². The predicted molar refractivity (Wildman–Crippen MR) is 137 cm³/mol. The maximum Gasteiger partial charge on any atom is 0.336 e. The number of thioether (sulfide) groups is 1. The van der Waals surface area contributed by atoms with Gasteiger partial charge in [0.2, 0.25) is 0 Å². The van der Waals surface area contributed by atoms with Crippen LogP contribution in [-0.2, 0) is 14.3 Å². The Labute approximate surface area is 212 Å². The molecule has 8 heteroatoms. The molecule has 2 aliphatic rings. The highest BCUT2D eigenvalue weighted by Gasteiger charge is 2.41. The first kappa shape index (κ1) is 24.4. The molecular weight excluding hydrogens is 497 g/mol. The molecule has 174 valence electrons. The van der Waals surface area contributed by atoms with Gasteiger partial charge in [0, 0.05) is 45.9 Å². The Morgan fingerprint density at radius 3 is 2.76 bits per heavy atom. The lowest BCUT2D eigenvalue weighted by Crippen LogP contribution is -2.36. The van der Waals surface area contributed by atoms with Crippen molar-refractivity contribution in [3.8, 4) is 0 Å². The molecule has 4 nitrogen and oxygen atoms in total. The maximum absolute atomic E-state index is 13.5. The quantitative estimate of drug-likeness (QED) is 0.324. The molecule has 1 aromatic carbocycles. The first-order chi connectivity index (χ1) is 15.9. The third-order valence-corrected chi connectivity index (χ3v) is 8.57. The number of benzene rings is 1. The minimum absolute atomic E-state index is 0.0394. The van der Waals surface area contributed by atoms with Crippen LogP contribution in [0.3, 0.4) is 0 Å². The van der Waals surface area contributed by atoms with Gasteiger partial charge in [-0.05, 0) is 48.2 Å². The van der Waals surface area contributed by atoms with Crippen LogP contribution in [-0.4, -0.2) is 29.9 Å². The molecule has 0 saturated heterocycles. The van der Waals surface area contributed by atoms with Gasteiger partial charge in [-0.25, -0.2) is 4.79 Å². The fourth-order valence-electron chi connectivity index (χ4n) is 4.48. The lowest BCUT2D eigenvalue weighted by Gasteiger charge is -2.36. The molecule has 0 amide bonds. The fraction of sp³-hybridized carbons (Fsp3) is 0.360. The van der Waals surface area contributed by atoms with Crippen molar-refractivity contribution in [3.05, 3.63) is 78.7 Å². The minimum atomic E-state index is -0.542. The van der Waals surface area contributed by atoms with E-state index in [0.717, 1.165) is 22.8 Å². The van der Waals surface area contributed by atoms with E-state index >= 15 is 0 Å². The van der Waals surface area contributed by atoms with E-state index < -0.39 is 11.9 Å². The zero-order valence-corrected chi connectivity index (χ0v) is 21.6. The van der Waals surface area contributed by atoms with Gasteiger partial charge in [-0.1, -0.05) is 42.3 Å². The van der Waals surface area contributed by atoms with E-state index in [1.807, 2.05) is 24.4 Å². The average Bonchev–Trinajstić information content (AvgIpc) is 3.32. The summed E-state index contributed by atoms with van der Waals surface area (Å²) in [5.74, 6) is 0.910. The second kappa shape index (κ2) is 10.7. The molecule has 0 saturated carbocycles. The van der Waals surface area contributed by atoms with Gasteiger partial charge >= 0.3 is 5.97 Å². The molecule has 0 bridgehead atoms. The number of ether oxygens (including phenoxy) is 1. The summed E-state index contributed by atoms with van der Waals surface area (Å²) in [6, 6.07) is 9.38. The summed E-state index contributed by atoms with van der Waals surface area (Å²) in [5.41, 5.74) is 3.42. The fourth-order valence-corrected chi connectivity index (χ4v) is 6.10. The smallest absolute Gasteiger partial charge is 0.336 e. The van der Waals surface area contributed by atoms with E-state index in [4.69, 9.17) is 27.9 Å². The zero-order valence-electron chi connectivity index (χ0n) is 18.5. The largest absolute Gasteiger partial charge is 0.461 e. The molecular formula is C25H25Cl2NO3S2. The lowest BCUT2D eigenvalue weighted by molar-refractivity contribution is -0.138. The standard InChI is InChI=1S/C25H25Cl2NO3S2/c1-3-32-10-8-31-25(30)22-14(2)28-19-12-16(21-5-4-9-33-21)13-20(29)24(19)23(22)15-6-7-17(26)18(27)11-15/h4-7,9,11,16,23,28H,3,8,10,12-13H2,1-2H3/t16-,23-/m0/s1. The van der Waals surface area contributed by atoms with E-state index in [-0.39, 0.29) is 11.7 Å². The average molecular weight is 523 g/mol. The highest BCUT2D eigenvalue weighted by atomic mass is 35.5. The van der Waals surface area contributed by atoms with Gasteiger partial charge in [-0.3, -0.25) is 4.79 Å². The van der Waals surface area contributed by atoms with Gasteiger partial charge in [0.1, 0.15) is 6.61 Å². The molecule has 2 atom stereocenters. The van der Waals surface area contributed by atoms with Crippen LogP contribution in [0.1, 0.15) is 49.0 Å². The van der Waals surface area contributed by atoms with Crippen LogP contribution in [0.25, 0.3) is 0 Å². The van der Waals surface area contributed by atoms with Gasteiger partial charge in [0.15, 0.2) is 5.78 Å². The van der Waals surface area contributed by atoms with Crippen molar-refractivity contribution in [2.24, 2.45) is 0 Å². The van der Waals surface area contributed by atoms with Crippen LogP contribution in [0.4, 0.5) is 0 Å². The van der Waals surface area contributed by atoms with Gasteiger partial charge in [-0.2, -0.15) is 11.8 Å². The summed E-state index contributed by atoms with van der Waals surface area (Å²) in [7, 11) is 0. The van der Waals surface area contributed by atoms with Crippen molar-refractivity contribution >= 4 is 58.1 Å². The van der Waals surface area contributed by atoms with Crippen molar-refractivity contribution in [1.29, 1.82) is 0 Å². The summed E-state index contributed by atoms with van der Waals surface area (Å²) < 4.78 is 5.61. The second-order valence-corrected chi connectivity index (χ2v) is 11.2. The van der Waals surface area contributed by atoms with Gasteiger partial charge in [0.25, 0.3) is 0 Å². The van der Waals surface area contributed by atoms with E-state index in [2.05, 4.69) is 18.3 Å². The van der Waals surface area contributed by atoms with Crippen LogP contribution >= 0.6 is 46.3 Å². The zero-order chi connectivity index (χ0) is 23.5. The van der Waals surface area contributed by atoms with Crippen LogP contribution in [0.5, 0.6) is 0 Å². The second-order valence-electron chi connectivity index (χ2n) is 8.04. The summed E-state index contributed by atoms with van der Waals surface area (Å²) in [6.07, 6.45) is 1.12. The Hall–Kier alpha value is -1.73. The summed E-state index contributed by atoms with van der Waals surface area (Å²) in [6.45, 7) is 4.25. The van der Waals surface area contributed by atoms with Crippen LogP contribution in [0.2, 0.25) is 10.0 Å². The van der Waals surface area contributed by atoms with E-state index in [1.165, 1.54) is 4.88 Å². The first-order valence-electron chi connectivity index (χ1n) is 10.9. The molecule has 0 unspecified atom stereocenters. The Morgan fingerprint density at radius 1 is 1.24 bits per heavy atom. The Morgan fingerprint density at radius 2 is 2.06 bits per heavy atom. The molecule has 4 rings (SSSR count). The van der Waals surface area contributed by atoms with Crippen LogP contribution in [0, 0.1) is 0 Å². The Kier molecular flexibility index (Phi) is 7.90. The van der Waals surface area contributed by atoms with Crippen molar-refractivity contribution < 1.29 is 14.3 Å². The van der Waals surface area contributed by atoms with Gasteiger partial charge < -0.3 is 10.1 Å². The number of hydrogen-bond acceptors (Lipinski definition) is 6. The van der Waals surface area contributed by atoms with Crippen molar-refractivity contribution in [3.63, 3.8) is 0 Å². The number of halogens is 2. The lowest BCUT2D eigenvalue weighted by atomic mass is 9.72. The molecule has 1 aromatic heterocycles. The molecule has 1 aliphatic heterocycles. The number of nitrogens with one attached hydrogen (secondary N) is 1. The number of Topliss-reactive ketones (excluding diaryl/α,β-unsaturated/α-hetero) is 1. The molecule has 0 spiro atoms. The topological polar surface area (TPSA) is 55.4 Å². The van der Waals surface area contributed by atoms with Crippen molar-refractivity contribution in [1.82, 2.24) is 5.32 Å². The maximum atomic E-state index is 13.5. The third kappa shape index (κ3) is 5.19. The Bertz CT molecular complexity index is 1120. The number of allylic oxidation sites excluding steroid dienone is 3. The SMILES string of the molecule is CCSCCOC(=O)C1=C(C)NC2=C(C(=O)C[C@@H](c3cccs3)C2)[C@H]1c1ccc(Cl)c(Cl)c1. The molecule has 2 aromatic rings. The minimum Gasteiger partial charge on any atom is -0.461 e. The summed E-state index contributed by atoms with van der Waals surface area (Å²) in [4.78, 5) is 27.9. The molecule has 1 aliphatic carbocycles.